The van der Waals surface area contributed by atoms with Gasteiger partial charge in [-0.3, -0.25) is 0 Å². The Morgan fingerprint density at radius 1 is 1.50 bits per heavy atom. The van der Waals surface area contributed by atoms with Crippen molar-refractivity contribution in [1.82, 2.24) is 4.72 Å². The van der Waals surface area contributed by atoms with Crippen molar-refractivity contribution in [2.45, 2.75) is 24.8 Å². The fourth-order valence-corrected chi connectivity index (χ4v) is 3.11. The van der Waals surface area contributed by atoms with E-state index in [1.807, 2.05) is 6.92 Å². The first kappa shape index (κ1) is 15.4. The number of aliphatic hydroxyl groups excluding tert-OH is 1. The van der Waals surface area contributed by atoms with E-state index in [0.29, 0.717) is 4.47 Å². The van der Waals surface area contributed by atoms with E-state index < -0.39 is 16.1 Å². The second-order valence-corrected chi connectivity index (χ2v) is 6.54. The number of aryl methyl sites for hydroxylation is 1. The lowest BCUT2D eigenvalue weighted by Crippen LogP contribution is -2.31. The minimum Gasteiger partial charge on any atom is -0.495 e. The zero-order valence-electron chi connectivity index (χ0n) is 10.4. The molecule has 0 saturated carbocycles. The summed E-state index contributed by atoms with van der Waals surface area (Å²) in [7, 11) is -2.29. The van der Waals surface area contributed by atoms with Crippen LogP contribution in [0.1, 0.15) is 12.5 Å². The fraction of sp³-hybridized carbons (Fsp3) is 0.455. The van der Waals surface area contributed by atoms with Crippen LogP contribution in [0.15, 0.2) is 21.5 Å². The number of benzene rings is 1. The van der Waals surface area contributed by atoms with Crippen LogP contribution in [0.2, 0.25) is 0 Å². The highest BCUT2D eigenvalue weighted by molar-refractivity contribution is 9.10. The van der Waals surface area contributed by atoms with Crippen molar-refractivity contribution < 1.29 is 18.3 Å². The van der Waals surface area contributed by atoms with Crippen LogP contribution >= 0.6 is 15.9 Å². The molecule has 18 heavy (non-hydrogen) atoms. The monoisotopic (exact) mass is 337 g/mol. The Morgan fingerprint density at radius 3 is 2.61 bits per heavy atom. The molecule has 0 aliphatic carbocycles. The molecule has 0 bridgehead atoms. The minimum absolute atomic E-state index is 0.0446. The molecule has 7 heteroatoms. The third-order valence-corrected chi connectivity index (χ3v) is 4.60. The molecule has 102 valence electrons. The van der Waals surface area contributed by atoms with Crippen molar-refractivity contribution in [3.63, 3.8) is 0 Å². The molecule has 1 rings (SSSR count). The summed E-state index contributed by atoms with van der Waals surface area (Å²) in [5, 5.41) is 9.12. The summed E-state index contributed by atoms with van der Waals surface area (Å²) < 4.78 is 32.2. The van der Waals surface area contributed by atoms with Gasteiger partial charge in [-0.15, -0.1) is 0 Å². The lowest BCUT2D eigenvalue weighted by Gasteiger charge is -2.13. The number of hydrogen-bond donors (Lipinski definition) is 2. The average molecular weight is 338 g/mol. The van der Waals surface area contributed by atoms with Crippen molar-refractivity contribution in [3.05, 3.63) is 22.2 Å². The van der Waals surface area contributed by atoms with Gasteiger partial charge in [-0.25, -0.2) is 13.1 Å². The van der Waals surface area contributed by atoms with E-state index in [0.717, 1.165) is 5.56 Å². The molecule has 1 aromatic rings. The van der Waals surface area contributed by atoms with Crippen LogP contribution in [0.4, 0.5) is 0 Å². The van der Waals surface area contributed by atoms with Gasteiger partial charge in [0.15, 0.2) is 0 Å². The van der Waals surface area contributed by atoms with E-state index in [1.165, 1.54) is 20.1 Å². The van der Waals surface area contributed by atoms with E-state index in [4.69, 9.17) is 9.84 Å². The maximum atomic E-state index is 12.1. The molecule has 0 radical (unpaired) electrons. The first-order valence-corrected chi connectivity index (χ1v) is 7.57. The van der Waals surface area contributed by atoms with Crippen LogP contribution in [0.5, 0.6) is 5.75 Å². The third kappa shape index (κ3) is 3.68. The van der Waals surface area contributed by atoms with Gasteiger partial charge in [0.05, 0.1) is 13.2 Å². The smallest absolute Gasteiger partial charge is 0.244 e. The predicted octanol–water partition coefficient (Wildman–Crippen LogP) is 1.43. The van der Waals surface area contributed by atoms with E-state index in [-0.39, 0.29) is 17.2 Å². The summed E-state index contributed by atoms with van der Waals surface area (Å²) >= 11 is 3.28. The molecule has 1 aromatic carbocycles. The number of nitrogens with one attached hydrogen (secondary N) is 1. The Labute approximate surface area is 115 Å². The molecular weight excluding hydrogens is 322 g/mol. The average Bonchev–Trinajstić information content (AvgIpc) is 2.29. The van der Waals surface area contributed by atoms with Crippen molar-refractivity contribution >= 4 is 26.0 Å². The molecule has 0 aliphatic heterocycles. The zero-order valence-corrected chi connectivity index (χ0v) is 12.8. The largest absolute Gasteiger partial charge is 0.495 e. The second-order valence-electron chi connectivity index (χ2n) is 3.95. The van der Waals surface area contributed by atoms with Crippen LogP contribution < -0.4 is 9.46 Å². The lowest BCUT2D eigenvalue weighted by molar-refractivity contribution is 0.198. The van der Waals surface area contributed by atoms with Gasteiger partial charge in [0.25, 0.3) is 0 Å². The number of halogens is 1. The van der Waals surface area contributed by atoms with Crippen LogP contribution in [-0.2, 0) is 10.0 Å². The van der Waals surface area contributed by atoms with E-state index in [2.05, 4.69) is 20.7 Å². The Hall–Kier alpha value is -0.630. The topological polar surface area (TPSA) is 75.6 Å². The Morgan fingerprint density at radius 2 is 2.11 bits per heavy atom. The molecule has 1 atom stereocenters. The van der Waals surface area contributed by atoms with Crippen LogP contribution in [0.3, 0.4) is 0 Å². The summed E-state index contributed by atoms with van der Waals surface area (Å²) in [6, 6.07) is 3.12. The Kier molecular flexibility index (Phi) is 5.15. The third-order valence-electron chi connectivity index (χ3n) is 2.30. The molecule has 0 unspecified atom stereocenters. The van der Waals surface area contributed by atoms with Crippen LogP contribution in [0, 0.1) is 6.92 Å². The Bertz CT molecular complexity index is 528. The van der Waals surface area contributed by atoms with Crippen LogP contribution in [0.25, 0.3) is 0 Å². The quantitative estimate of drug-likeness (QED) is 0.852. The summed E-state index contributed by atoms with van der Waals surface area (Å²) in [5.41, 5.74) is 0.876. The highest BCUT2D eigenvalue weighted by Crippen LogP contribution is 2.30. The van der Waals surface area contributed by atoms with Gasteiger partial charge in [-0.2, -0.15) is 0 Å². The number of hydrogen-bond acceptors (Lipinski definition) is 4. The standard InChI is InChI=1S/C11H16BrNO4S/c1-7-4-10(17-3)11(5-9(7)12)18(15,16)13-6-8(2)14/h4-5,8,13-14H,6H2,1-3H3/t8-/m1/s1. The molecular formula is C11H16BrNO4S. The van der Waals surface area contributed by atoms with Gasteiger partial charge in [0.1, 0.15) is 10.6 Å². The number of ether oxygens (including phenoxy) is 1. The molecule has 0 spiro atoms. The summed E-state index contributed by atoms with van der Waals surface area (Å²) in [4.78, 5) is 0.0446. The fourth-order valence-electron chi connectivity index (χ4n) is 1.31. The first-order valence-electron chi connectivity index (χ1n) is 5.29. The molecule has 5 nitrogen and oxygen atoms in total. The number of methoxy groups -OCH3 is 1. The maximum Gasteiger partial charge on any atom is 0.244 e. The number of rotatable bonds is 5. The van der Waals surface area contributed by atoms with Crippen molar-refractivity contribution in [3.8, 4) is 5.75 Å². The van der Waals surface area contributed by atoms with Crippen molar-refractivity contribution in [2.24, 2.45) is 0 Å². The van der Waals surface area contributed by atoms with Gasteiger partial charge in [-0.1, -0.05) is 15.9 Å². The molecule has 2 N–H and O–H groups in total. The molecule has 0 aliphatic rings. The predicted molar refractivity (Wildman–Crippen MR) is 72.3 cm³/mol. The van der Waals surface area contributed by atoms with E-state index in [1.54, 1.807) is 6.07 Å². The van der Waals surface area contributed by atoms with E-state index >= 15 is 0 Å². The Balaban J connectivity index is 3.19. The maximum absolute atomic E-state index is 12.1. The van der Waals surface area contributed by atoms with Gasteiger partial charge >= 0.3 is 0 Å². The summed E-state index contributed by atoms with van der Waals surface area (Å²) in [6.45, 7) is 3.30. The van der Waals surface area contributed by atoms with Crippen molar-refractivity contribution in [1.29, 1.82) is 0 Å². The zero-order chi connectivity index (χ0) is 13.9. The van der Waals surface area contributed by atoms with Gasteiger partial charge in [-0.05, 0) is 31.5 Å². The minimum atomic E-state index is -3.70. The van der Waals surface area contributed by atoms with Crippen molar-refractivity contribution in [2.75, 3.05) is 13.7 Å². The number of aliphatic hydroxyl groups is 1. The SMILES string of the molecule is COc1cc(C)c(Br)cc1S(=O)(=O)NC[C@@H](C)O. The molecule has 0 saturated heterocycles. The highest BCUT2D eigenvalue weighted by atomic mass is 79.9. The normalized spacial score (nSPS) is 13.4. The van der Waals surface area contributed by atoms with Gasteiger partial charge in [0, 0.05) is 11.0 Å². The molecule has 0 fully saturated rings. The van der Waals surface area contributed by atoms with Gasteiger partial charge < -0.3 is 9.84 Å². The molecule has 0 aromatic heterocycles. The van der Waals surface area contributed by atoms with Crippen LogP contribution in [-0.4, -0.2) is 33.3 Å². The second kappa shape index (κ2) is 6.01. The lowest BCUT2D eigenvalue weighted by atomic mass is 10.2. The van der Waals surface area contributed by atoms with Gasteiger partial charge in [0.2, 0.25) is 10.0 Å². The first-order chi connectivity index (χ1) is 8.27. The number of sulfonamides is 1. The summed E-state index contributed by atoms with van der Waals surface area (Å²) in [5.74, 6) is 0.272. The molecule has 0 amide bonds. The summed E-state index contributed by atoms with van der Waals surface area (Å²) in [6.07, 6.45) is -0.750. The van der Waals surface area contributed by atoms with E-state index in [9.17, 15) is 8.42 Å². The molecule has 0 heterocycles. The highest BCUT2D eigenvalue weighted by Gasteiger charge is 2.21.